The van der Waals surface area contributed by atoms with Crippen molar-refractivity contribution in [1.29, 1.82) is 0 Å². The van der Waals surface area contributed by atoms with E-state index in [1.165, 1.54) is 0 Å². The van der Waals surface area contributed by atoms with Crippen LogP contribution in [0.2, 0.25) is 0 Å². The number of hydrogen-bond donors (Lipinski definition) is 2. The lowest BCUT2D eigenvalue weighted by Crippen LogP contribution is -2.08. The molecule has 176 valence electrons. The number of aryl methyl sites for hydroxylation is 1. The first-order valence-electron chi connectivity index (χ1n) is 11.8. The first-order valence-corrected chi connectivity index (χ1v) is 11.8. The summed E-state index contributed by atoms with van der Waals surface area (Å²) in [5.41, 5.74) is 5.76. The number of fused-ring (bicyclic) bond motifs is 1. The highest BCUT2D eigenvalue weighted by molar-refractivity contribution is 6.01. The number of aromatic nitrogens is 6. The third-order valence-electron chi connectivity index (χ3n) is 6.21. The number of carbonyl (C=O) groups is 1. The van der Waals surface area contributed by atoms with Crippen LogP contribution in [0.25, 0.3) is 33.5 Å². The molecule has 2 heterocycles. The van der Waals surface area contributed by atoms with Crippen molar-refractivity contribution in [3.05, 3.63) is 83.7 Å². The van der Waals surface area contributed by atoms with Gasteiger partial charge in [0, 0.05) is 18.5 Å². The number of hydrogen-bond acceptors (Lipinski definition) is 5. The molecule has 2 aromatic heterocycles. The van der Waals surface area contributed by atoms with E-state index >= 15 is 0 Å². The quantitative estimate of drug-likeness (QED) is 0.283. The summed E-state index contributed by atoms with van der Waals surface area (Å²) in [6.07, 6.45) is 4.07. The van der Waals surface area contributed by atoms with Gasteiger partial charge in [0.05, 0.1) is 16.6 Å². The van der Waals surface area contributed by atoms with Crippen LogP contribution in [0.1, 0.15) is 47.9 Å². The van der Waals surface area contributed by atoms with Crippen molar-refractivity contribution >= 4 is 17.0 Å². The second-order valence-corrected chi connectivity index (χ2v) is 8.54. The number of nitrogens with one attached hydrogen (secondary N) is 1. The Kier molecular flexibility index (Phi) is 6.34. The molecule has 0 aliphatic carbocycles. The number of para-hydroxylation sites is 1. The molecule has 5 aromatic rings. The fraction of sp³-hybridized carbons (Fsp3) is 0.222. The average Bonchev–Trinajstić information content (AvgIpc) is 3.53. The molecule has 0 radical (unpaired) electrons. The minimum atomic E-state index is -0.939. The van der Waals surface area contributed by atoms with Gasteiger partial charge in [-0.15, -0.1) is 5.10 Å². The first-order chi connectivity index (χ1) is 17.2. The number of unbranched alkanes of at least 4 members (excludes halogenated alkanes) is 2. The van der Waals surface area contributed by atoms with E-state index in [9.17, 15) is 9.90 Å². The van der Waals surface area contributed by atoms with Crippen LogP contribution >= 0.6 is 0 Å². The molecule has 0 bridgehead atoms. The number of imidazole rings is 1. The van der Waals surface area contributed by atoms with Gasteiger partial charge in [0.15, 0.2) is 5.82 Å². The van der Waals surface area contributed by atoms with Gasteiger partial charge in [-0.2, -0.15) is 0 Å². The predicted molar refractivity (Wildman–Crippen MR) is 134 cm³/mol. The SMILES string of the molecule is CCCCCc1nc2cccc(C(=O)O)c2n1Cc1ccc(-c2ccccc2-c2nnn[nH]2)cc1. The van der Waals surface area contributed by atoms with Crippen molar-refractivity contribution in [3.63, 3.8) is 0 Å². The van der Waals surface area contributed by atoms with Gasteiger partial charge in [-0.05, 0) is 45.7 Å². The third-order valence-corrected chi connectivity index (χ3v) is 6.21. The molecular formula is C27H26N6O2. The first kappa shape index (κ1) is 22.5. The maximum absolute atomic E-state index is 12.0. The second kappa shape index (κ2) is 9.89. The number of aromatic amines is 1. The van der Waals surface area contributed by atoms with Crippen molar-refractivity contribution in [1.82, 2.24) is 30.2 Å². The monoisotopic (exact) mass is 466 g/mol. The fourth-order valence-electron chi connectivity index (χ4n) is 4.49. The summed E-state index contributed by atoms with van der Waals surface area (Å²) < 4.78 is 2.07. The van der Waals surface area contributed by atoms with E-state index in [4.69, 9.17) is 4.98 Å². The third kappa shape index (κ3) is 4.55. The topological polar surface area (TPSA) is 110 Å². The summed E-state index contributed by atoms with van der Waals surface area (Å²) in [7, 11) is 0. The number of rotatable bonds is 9. The van der Waals surface area contributed by atoms with Crippen molar-refractivity contribution in [2.75, 3.05) is 0 Å². The average molecular weight is 467 g/mol. The highest BCUT2D eigenvalue weighted by Crippen LogP contribution is 2.30. The molecule has 2 N–H and O–H groups in total. The van der Waals surface area contributed by atoms with Gasteiger partial charge < -0.3 is 9.67 Å². The zero-order valence-electron chi connectivity index (χ0n) is 19.5. The Bertz CT molecular complexity index is 1460. The lowest BCUT2D eigenvalue weighted by Gasteiger charge is -2.12. The van der Waals surface area contributed by atoms with Crippen molar-refractivity contribution in [2.45, 2.75) is 39.2 Å². The zero-order chi connectivity index (χ0) is 24.2. The van der Waals surface area contributed by atoms with Crippen molar-refractivity contribution in [3.8, 4) is 22.5 Å². The number of H-pyrrole nitrogens is 1. The maximum Gasteiger partial charge on any atom is 0.337 e. The summed E-state index contributed by atoms with van der Waals surface area (Å²) in [5.74, 6) is 0.604. The summed E-state index contributed by atoms with van der Waals surface area (Å²) in [5, 5.41) is 24.1. The zero-order valence-corrected chi connectivity index (χ0v) is 19.5. The largest absolute Gasteiger partial charge is 0.478 e. The molecule has 0 amide bonds. The van der Waals surface area contributed by atoms with Gasteiger partial charge >= 0.3 is 5.97 Å². The van der Waals surface area contributed by atoms with Crippen LogP contribution in [0.4, 0.5) is 0 Å². The molecule has 0 spiro atoms. The van der Waals surface area contributed by atoms with Gasteiger partial charge in [-0.3, -0.25) is 0 Å². The fourth-order valence-corrected chi connectivity index (χ4v) is 4.49. The van der Waals surface area contributed by atoms with Crippen LogP contribution in [0, 0.1) is 0 Å². The van der Waals surface area contributed by atoms with E-state index in [0.29, 0.717) is 17.9 Å². The number of nitrogens with zero attached hydrogens (tertiary/aromatic N) is 5. The molecule has 0 saturated carbocycles. The number of aromatic carboxylic acids is 1. The molecule has 8 heteroatoms. The Labute approximate surface area is 202 Å². The maximum atomic E-state index is 12.0. The van der Waals surface area contributed by atoms with Gasteiger partial charge in [0.1, 0.15) is 5.82 Å². The van der Waals surface area contributed by atoms with Crippen LogP contribution in [0.15, 0.2) is 66.7 Å². The van der Waals surface area contributed by atoms with Crippen LogP contribution in [-0.4, -0.2) is 41.3 Å². The number of tetrazole rings is 1. The van der Waals surface area contributed by atoms with Gasteiger partial charge in [-0.1, -0.05) is 74.4 Å². The normalized spacial score (nSPS) is 11.2. The van der Waals surface area contributed by atoms with E-state index in [1.807, 2.05) is 30.3 Å². The molecule has 5 rings (SSSR count). The number of benzene rings is 3. The molecule has 3 aromatic carbocycles. The lowest BCUT2D eigenvalue weighted by molar-refractivity contribution is 0.0698. The Morgan fingerprint density at radius 1 is 0.971 bits per heavy atom. The van der Waals surface area contributed by atoms with Gasteiger partial charge in [0.25, 0.3) is 0 Å². The van der Waals surface area contributed by atoms with Crippen molar-refractivity contribution < 1.29 is 9.90 Å². The lowest BCUT2D eigenvalue weighted by atomic mass is 9.98. The summed E-state index contributed by atoms with van der Waals surface area (Å²) in [6, 6.07) is 21.6. The standard InChI is InChI=1S/C27H26N6O2/c1-2-3-4-12-24-28-23-11-7-10-22(27(34)35)25(23)33(24)17-18-13-15-19(16-14-18)20-8-5-6-9-21(20)26-29-31-32-30-26/h5-11,13-16H,2-4,12,17H2,1H3,(H,34,35)(H,29,30,31,32). The Morgan fingerprint density at radius 3 is 2.49 bits per heavy atom. The second-order valence-electron chi connectivity index (χ2n) is 8.54. The van der Waals surface area contributed by atoms with Crippen LogP contribution in [0.5, 0.6) is 0 Å². The van der Waals surface area contributed by atoms with Crippen LogP contribution < -0.4 is 0 Å². The molecule has 0 aliphatic rings. The summed E-state index contributed by atoms with van der Waals surface area (Å²) >= 11 is 0. The van der Waals surface area contributed by atoms with E-state index in [-0.39, 0.29) is 5.56 Å². The highest BCUT2D eigenvalue weighted by Gasteiger charge is 2.18. The van der Waals surface area contributed by atoms with Crippen LogP contribution in [0.3, 0.4) is 0 Å². The highest BCUT2D eigenvalue weighted by atomic mass is 16.4. The van der Waals surface area contributed by atoms with Gasteiger partial charge in [0.2, 0.25) is 0 Å². The van der Waals surface area contributed by atoms with E-state index in [1.54, 1.807) is 12.1 Å². The molecule has 35 heavy (non-hydrogen) atoms. The summed E-state index contributed by atoms with van der Waals surface area (Å²) in [4.78, 5) is 16.8. The van der Waals surface area contributed by atoms with E-state index in [0.717, 1.165) is 59.3 Å². The molecule has 0 saturated heterocycles. The van der Waals surface area contributed by atoms with E-state index < -0.39 is 5.97 Å². The molecule has 8 nitrogen and oxygen atoms in total. The Morgan fingerprint density at radius 2 is 1.77 bits per heavy atom. The van der Waals surface area contributed by atoms with Crippen LogP contribution in [-0.2, 0) is 13.0 Å². The predicted octanol–water partition coefficient (Wildman–Crippen LogP) is 5.36. The molecule has 0 unspecified atom stereocenters. The smallest absolute Gasteiger partial charge is 0.337 e. The Hall–Kier alpha value is -4.33. The van der Waals surface area contributed by atoms with E-state index in [2.05, 4.69) is 56.4 Å². The van der Waals surface area contributed by atoms with Crippen molar-refractivity contribution in [2.24, 2.45) is 0 Å². The summed E-state index contributed by atoms with van der Waals surface area (Å²) in [6.45, 7) is 2.72. The molecule has 0 fully saturated rings. The number of carboxylic acids is 1. The minimum absolute atomic E-state index is 0.281. The Balaban J connectivity index is 1.50. The molecular weight excluding hydrogens is 440 g/mol. The van der Waals surface area contributed by atoms with Gasteiger partial charge in [-0.25, -0.2) is 14.9 Å². The molecule has 0 atom stereocenters. The molecule has 0 aliphatic heterocycles. The minimum Gasteiger partial charge on any atom is -0.478 e. The number of carboxylic acid groups (broad SMARTS) is 1.